The average Bonchev–Trinajstić information content (AvgIpc) is 3.02. The van der Waals surface area contributed by atoms with Crippen LogP contribution >= 0.6 is 0 Å². The van der Waals surface area contributed by atoms with Crippen molar-refractivity contribution >= 4 is 16.9 Å². The number of hydrogen-bond donors (Lipinski definition) is 3. The van der Waals surface area contributed by atoms with E-state index in [-0.39, 0.29) is 11.5 Å². The molecule has 0 bridgehead atoms. The summed E-state index contributed by atoms with van der Waals surface area (Å²) in [6, 6.07) is 1.19. The second-order valence-electron chi connectivity index (χ2n) is 5.88. The summed E-state index contributed by atoms with van der Waals surface area (Å²) in [4.78, 5) is 22.6. The second-order valence-corrected chi connectivity index (χ2v) is 5.88. The third kappa shape index (κ3) is 3.69. The van der Waals surface area contributed by atoms with Crippen LogP contribution in [0, 0.1) is 5.82 Å². The molecule has 0 fully saturated rings. The third-order valence-electron chi connectivity index (χ3n) is 3.94. The molecule has 0 aromatic carbocycles. The maximum Gasteiger partial charge on any atom is 0.401 e. The molecule has 8 nitrogen and oxygen atoms in total. The number of nitrogens with two attached hydrogens (primary N) is 1. The highest BCUT2D eigenvalue weighted by Crippen LogP contribution is 2.27. The number of aromatic amines is 1. The van der Waals surface area contributed by atoms with Gasteiger partial charge in [-0.3, -0.25) is 10.1 Å². The Kier molecular flexibility index (Phi) is 4.51. The van der Waals surface area contributed by atoms with Crippen LogP contribution in [0.15, 0.2) is 24.7 Å². The zero-order valence-electron chi connectivity index (χ0n) is 13.8. The summed E-state index contributed by atoms with van der Waals surface area (Å²) in [5.74, 6) is -1.71. The summed E-state index contributed by atoms with van der Waals surface area (Å²) in [6.45, 7) is -0.306. The van der Waals surface area contributed by atoms with Gasteiger partial charge in [0.15, 0.2) is 5.82 Å². The molecule has 0 saturated heterocycles. The number of nitrogens with zero attached hydrogens (tertiary/aromatic N) is 4. The highest BCUT2D eigenvalue weighted by molar-refractivity contribution is 5.91. The molecule has 0 radical (unpaired) electrons. The standard InChI is InChI=1S/C15H13F4N7O/c1-14(13(20)27,23-6-15(17,18)19)10-5-24-26-12(25-10)9-4-22-11-8(9)2-7(16)3-21-11/h2-5,23H,6H2,1H3,(H2,20,27)(H,21,22)/t14-/m0/s1. The summed E-state index contributed by atoms with van der Waals surface area (Å²) in [7, 11) is 0. The van der Waals surface area contributed by atoms with Crippen LogP contribution in [0.4, 0.5) is 17.6 Å². The van der Waals surface area contributed by atoms with Gasteiger partial charge < -0.3 is 10.7 Å². The highest BCUT2D eigenvalue weighted by atomic mass is 19.4. The molecular formula is C15H13F4N7O. The van der Waals surface area contributed by atoms with Crippen LogP contribution in [0.2, 0.25) is 0 Å². The van der Waals surface area contributed by atoms with E-state index in [2.05, 4.69) is 30.5 Å². The van der Waals surface area contributed by atoms with Crippen molar-refractivity contribution in [3.8, 4) is 11.4 Å². The Morgan fingerprint density at radius 3 is 2.74 bits per heavy atom. The van der Waals surface area contributed by atoms with Crippen molar-refractivity contribution in [2.24, 2.45) is 5.73 Å². The van der Waals surface area contributed by atoms with E-state index in [1.54, 1.807) is 0 Å². The lowest BCUT2D eigenvalue weighted by atomic mass is 9.97. The number of H-pyrrole nitrogens is 1. The quantitative estimate of drug-likeness (QED) is 0.573. The molecule has 0 unspecified atom stereocenters. The van der Waals surface area contributed by atoms with Gasteiger partial charge in [0.1, 0.15) is 17.0 Å². The number of fused-ring (bicyclic) bond motifs is 1. The van der Waals surface area contributed by atoms with Gasteiger partial charge in [-0.15, -0.1) is 5.10 Å². The van der Waals surface area contributed by atoms with Crippen LogP contribution in [0.1, 0.15) is 12.6 Å². The molecule has 0 aliphatic carbocycles. The zero-order chi connectivity index (χ0) is 19.8. The molecule has 142 valence electrons. The fourth-order valence-electron chi connectivity index (χ4n) is 2.40. The maximum absolute atomic E-state index is 13.5. The van der Waals surface area contributed by atoms with Crippen molar-refractivity contribution in [3.63, 3.8) is 0 Å². The van der Waals surface area contributed by atoms with Gasteiger partial charge >= 0.3 is 6.18 Å². The number of rotatable bonds is 5. The molecule has 3 aromatic rings. The Morgan fingerprint density at radius 1 is 1.33 bits per heavy atom. The Labute approximate surface area is 149 Å². The molecular weight excluding hydrogens is 370 g/mol. The minimum absolute atomic E-state index is 0.0348. The molecule has 0 spiro atoms. The van der Waals surface area contributed by atoms with Crippen molar-refractivity contribution in [2.75, 3.05) is 6.54 Å². The minimum Gasteiger partial charge on any atom is -0.368 e. The monoisotopic (exact) mass is 383 g/mol. The molecule has 0 aliphatic heterocycles. The number of aromatic nitrogens is 5. The molecule has 0 saturated carbocycles. The van der Waals surface area contributed by atoms with Crippen LogP contribution in [0.5, 0.6) is 0 Å². The number of halogens is 4. The predicted octanol–water partition coefficient (Wildman–Crippen LogP) is 1.41. The lowest BCUT2D eigenvalue weighted by Crippen LogP contribution is -2.53. The van der Waals surface area contributed by atoms with E-state index in [9.17, 15) is 22.4 Å². The molecule has 0 aliphatic rings. The normalized spacial score (nSPS) is 14.3. The summed E-state index contributed by atoms with van der Waals surface area (Å²) in [5, 5.41) is 9.91. The van der Waals surface area contributed by atoms with Gasteiger partial charge in [0.05, 0.1) is 24.6 Å². The summed E-state index contributed by atoms with van der Waals surface area (Å²) < 4.78 is 51.2. The molecule has 3 aromatic heterocycles. The SMILES string of the molecule is C[C@@](NCC(F)(F)F)(C(N)=O)c1cnnc(-c2c[nH]c3ncc(F)cc23)n1. The van der Waals surface area contributed by atoms with Crippen molar-refractivity contribution in [3.05, 3.63) is 36.2 Å². The number of amides is 1. The number of pyridine rings is 1. The van der Waals surface area contributed by atoms with Crippen molar-refractivity contribution in [1.82, 2.24) is 30.5 Å². The van der Waals surface area contributed by atoms with Gasteiger partial charge in [-0.2, -0.15) is 18.3 Å². The van der Waals surface area contributed by atoms with Gasteiger partial charge in [-0.1, -0.05) is 0 Å². The second kappa shape index (κ2) is 6.54. The van der Waals surface area contributed by atoms with Gasteiger partial charge in [0.25, 0.3) is 0 Å². The predicted molar refractivity (Wildman–Crippen MR) is 85.5 cm³/mol. The molecule has 1 amide bonds. The van der Waals surface area contributed by atoms with E-state index in [1.165, 1.54) is 12.3 Å². The zero-order valence-corrected chi connectivity index (χ0v) is 13.8. The first-order chi connectivity index (χ1) is 12.6. The lowest BCUT2D eigenvalue weighted by Gasteiger charge is -2.27. The van der Waals surface area contributed by atoms with Crippen molar-refractivity contribution < 1.29 is 22.4 Å². The van der Waals surface area contributed by atoms with Crippen molar-refractivity contribution in [2.45, 2.75) is 18.6 Å². The fourth-order valence-corrected chi connectivity index (χ4v) is 2.40. The number of alkyl halides is 3. The van der Waals surface area contributed by atoms with E-state index >= 15 is 0 Å². The molecule has 27 heavy (non-hydrogen) atoms. The van der Waals surface area contributed by atoms with Crippen molar-refractivity contribution in [1.29, 1.82) is 0 Å². The van der Waals surface area contributed by atoms with E-state index in [1.807, 2.05) is 0 Å². The van der Waals surface area contributed by atoms with Gasteiger partial charge in [-0.25, -0.2) is 14.4 Å². The summed E-state index contributed by atoms with van der Waals surface area (Å²) in [5.41, 5.74) is 3.85. The van der Waals surface area contributed by atoms with Gasteiger partial charge in [0.2, 0.25) is 5.91 Å². The van der Waals surface area contributed by atoms with E-state index in [4.69, 9.17) is 5.73 Å². The van der Waals surface area contributed by atoms with Gasteiger partial charge in [-0.05, 0) is 13.0 Å². The summed E-state index contributed by atoms with van der Waals surface area (Å²) >= 11 is 0. The molecule has 3 rings (SSSR count). The molecule has 12 heteroatoms. The van der Waals surface area contributed by atoms with E-state index in [0.29, 0.717) is 16.6 Å². The number of nitrogens with one attached hydrogen (secondary N) is 2. The maximum atomic E-state index is 13.5. The van der Waals surface area contributed by atoms with E-state index in [0.717, 1.165) is 19.3 Å². The first-order valence-corrected chi connectivity index (χ1v) is 7.55. The minimum atomic E-state index is -4.57. The Balaban J connectivity index is 2.05. The topological polar surface area (TPSA) is 122 Å². The van der Waals surface area contributed by atoms with Crippen LogP contribution in [0.25, 0.3) is 22.4 Å². The first kappa shape index (κ1) is 18.6. The number of primary amides is 1. The number of carbonyl (C=O) groups is 1. The molecule has 4 N–H and O–H groups in total. The first-order valence-electron chi connectivity index (χ1n) is 7.55. The van der Waals surface area contributed by atoms with Crippen LogP contribution in [0.3, 0.4) is 0 Å². The van der Waals surface area contributed by atoms with E-state index < -0.39 is 30.0 Å². The Bertz CT molecular complexity index is 1000. The molecule has 1 atom stereocenters. The Morgan fingerprint density at radius 2 is 2.07 bits per heavy atom. The highest BCUT2D eigenvalue weighted by Gasteiger charge is 2.39. The smallest absolute Gasteiger partial charge is 0.368 e. The number of hydrogen-bond acceptors (Lipinski definition) is 6. The largest absolute Gasteiger partial charge is 0.401 e. The van der Waals surface area contributed by atoms with Gasteiger partial charge in [0, 0.05) is 17.1 Å². The van der Waals surface area contributed by atoms with Crippen LogP contribution in [-0.2, 0) is 10.3 Å². The summed E-state index contributed by atoms with van der Waals surface area (Å²) in [6.07, 6.45) is -1.07. The average molecular weight is 383 g/mol. The van der Waals surface area contributed by atoms with Crippen LogP contribution < -0.4 is 11.1 Å². The fraction of sp³-hybridized carbons (Fsp3) is 0.267. The molecule has 3 heterocycles. The lowest BCUT2D eigenvalue weighted by molar-refractivity contribution is -0.136. The third-order valence-corrected chi connectivity index (χ3v) is 3.94. The number of carbonyl (C=O) groups excluding carboxylic acids is 1. The van der Waals surface area contributed by atoms with Crippen LogP contribution in [-0.4, -0.2) is 43.8 Å². The Hall–Kier alpha value is -3.15.